The number of nitrogens with zero attached hydrogens (tertiary/aromatic N) is 2. The number of hydrogen-bond acceptors (Lipinski definition) is 6. The van der Waals surface area contributed by atoms with Gasteiger partial charge in [0.2, 0.25) is 0 Å². The highest BCUT2D eigenvalue weighted by molar-refractivity contribution is 6.46. The minimum atomic E-state index is -0.833. The summed E-state index contributed by atoms with van der Waals surface area (Å²) < 4.78 is 11.4. The number of aliphatic hydroxyl groups excluding tert-OH is 1. The summed E-state index contributed by atoms with van der Waals surface area (Å²) in [7, 11) is 1.49. The van der Waals surface area contributed by atoms with E-state index in [0.29, 0.717) is 40.8 Å². The Morgan fingerprint density at radius 1 is 1.08 bits per heavy atom. The van der Waals surface area contributed by atoms with E-state index in [9.17, 15) is 14.7 Å². The molecule has 0 saturated carbocycles. The standard InChI is InChI=1S/C29H30N2O5/c1-18(2)17-36-22-10-7-8-20(15-22)26-25(27(32)23-14-19(3)11-12-24(23)35-4)28(33)29(34)31(26)16-21-9-5-6-13-30-21/h5-15,18,26,32H,16-17H2,1-4H3/b27-25+. The highest BCUT2D eigenvalue weighted by Crippen LogP contribution is 2.42. The maximum Gasteiger partial charge on any atom is 0.296 e. The second-order valence-corrected chi connectivity index (χ2v) is 9.23. The van der Waals surface area contributed by atoms with E-state index in [1.807, 2.05) is 43.3 Å². The van der Waals surface area contributed by atoms with Crippen molar-refractivity contribution >= 4 is 17.4 Å². The molecule has 2 heterocycles. The molecule has 1 aromatic heterocycles. The molecule has 186 valence electrons. The third kappa shape index (κ3) is 5.10. The fourth-order valence-corrected chi connectivity index (χ4v) is 4.25. The Balaban J connectivity index is 1.87. The molecular weight excluding hydrogens is 456 g/mol. The van der Waals surface area contributed by atoms with Gasteiger partial charge in [-0.2, -0.15) is 0 Å². The Morgan fingerprint density at radius 3 is 2.58 bits per heavy atom. The number of likely N-dealkylation sites (tertiary alicyclic amines) is 1. The number of pyridine rings is 1. The van der Waals surface area contributed by atoms with Gasteiger partial charge in [0.25, 0.3) is 11.7 Å². The van der Waals surface area contributed by atoms with Gasteiger partial charge >= 0.3 is 0 Å². The first-order valence-electron chi connectivity index (χ1n) is 11.9. The molecule has 4 rings (SSSR count). The summed E-state index contributed by atoms with van der Waals surface area (Å²) in [5.41, 5.74) is 2.51. The van der Waals surface area contributed by atoms with Crippen LogP contribution >= 0.6 is 0 Å². The smallest absolute Gasteiger partial charge is 0.296 e. The summed E-state index contributed by atoms with van der Waals surface area (Å²) in [5, 5.41) is 11.5. The molecule has 0 radical (unpaired) electrons. The Labute approximate surface area is 211 Å². The van der Waals surface area contributed by atoms with Crippen LogP contribution in [-0.4, -0.2) is 40.4 Å². The van der Waals surface area contributed by atoms with Crippen LogP contribution in [0.2, 0.25) is 0 Å². The lowest BCUT2D eigenvalue weighted by molar-refractivity contribution is -0.140. The van der Waals surface area contributed by atoms with E-state index in [2.05, 4.69) is 18.8 Å². The summed E-state index contributed by atoms with van der Waals surface area (Å²) in [5.74, 6) is -0.384. The molecule has 1 aliphatic heterocycles. The number of carbonyl (C=O) groups excluding carboxylic acids is 2. The number of Topliss-reactive ketones (excluding diaryl/α,β-unsaturated/α-hetero) is 1. The monoisotopic (exact) mass is 486 g/mol. The van der Waals surface area contributed by atoms with Gasteiger partial charge in [-0.3, -0.25) is 14.6 Å². The zero-order valence-corrected chi connectivity index (χ0v) is 20.9. The first kappa shape index (κ1) is 25.0. The van der Waals surface area contributed by atoms with Gasteiger partial charge in [0.1, 0.15) is 17.3 Å². The molecule has 0 spiro atoms. The molecule has 3 aromatic rings. The number of benzene rings is 2. The van der Waals surface area contributed by atoms with E-state index in [1.54, 1.807) is 30.5 Å². The van der Waals surface area contributed by atoms with E-state index in [0.717, 1.165) is 5.56 Å². The molecule has 1 fully saturated rings. The molecule has 1 unspecified atom stereocenters. The maximum absolute atomic E-state index is 13.4. The van der Waals surface area contributed by atoms with E-state index in [1.165, 1.54) is 12.0 Å². The van der Waals surface area contributed by atoms with Crippen LogP contribution in [0.5, 0.6) is 11.5 Å². The largest absolute Gasteiger partial charge is 0.507 e. The van der Waals surface area contributed by atoms with Crippen molar-refractivity contribution in [2.75, 3.05) is 13.7 Å². The third-order valence-electron chi connectivity index (χ3n) is 5.97. The number of aryl methyl sites for hydroxylation is 1. The number of methoxy groups -OCH3 is 1. The Hall–Kier alpha value is -4.13. The maximum atomic E-state index is 13.4. The Morgan fingerprint density at radius 2 is 1.89 bits per heavy atom. The van der Waals surface area contributed by atoms with Gasteiger partial charge in [-0.05, 0) is 54.8 Å². The molecular formula is C29H30N2O5. The van der Waals surface area contributed by atoms with Gasteiger partial charge in [-0.15, -0.1) is 0 Å². The summed E-state index contributed by atoms with van der Waals surface area (Å²) in [4.78, 5) is 32.5. The van der Waals surface area contributed by atoms with Crippen LogP contribution in [0.3, 0.4) is 0 Å². The number of ketones is 1. The second kappa shape index (κ2) is 10.6. The number of hydrogen-bond donors (Lipinski definition) is 1. The summed E-state index contributed by atoms with van der Waals surface area (Å²) in [6, 6.07) is 17.2. The van der Waals surface area contributed by atoms with Crippen molar-refractivity contribution in [2.45, 2.75) is 33.4 Å². The van der Waals surface area contributed by atoms with Crippen molar-refractivity contribution in [1.29, 1.82) is 0 Å². The lowest BCUT2D eigenvalue weighted by Crippen LogP contribution is -2.29. The quantitative estimate of drug-likeness (QED) is 0.272. The molecule has 2 aromatic carbocycles. The summed E-state index contributed by atoms with van der Waals surface area (Å²) in [6.45, 7) is 6.62. The second-order valence-electron chi connectivity index (χ2n) is 9.23. The highest BCUT2D eigenvalue weighted by atomic mass is 16.5. The predicted octanol–water partition coefficient (Wildman–Crippen LogP) is 5.06. The van der Waals surface area contributed by atoms with E-state index in [4.69, 9.17) is 9.47 Å². The average molecular weight is 487 g/mol. The lowest BCUT2D eigenvalue weighted by Gasteiger charge is -2.25. The molecule has 1 atom stereocenters. The number of ether oxygens (including phenoxy) is 2. The fraction of sp³-hybridized carbons (Fsp3) is 0.276. The van der Waals surface area contributed by atoms with Crippen LogP contribution in [0.1, 0.15) is 42.3 Å². The molecule has 1 amide bonds. The number of amides is 1. The van der Waals surface area contributed by atoms with Crippen LogP contribution in [0.4, 0.5) is 0 Å². The lowest BCUT2D eigenvalue weighted by atomic mass is 9.94. The molecule has 0 aliphatic carbocycles. The highest BCUT2D eigenvalue weighted by Gasteiger charge is 2.46. The summed E-state index contributed by atoms with van der Waals surface area (Å²) >= 11 is 0. The molecule has 1 aliphatic rings. The molecule has 0 bridgehead atoms. The Bertz CT molecular complexity index is 1300. The predicted molar refractivity (Wildman–Crippen MR) is 137 cm³/mol. The number of rotatable bonds is 8. The normalized spacial score (nSPS) is 17.0. The van der Waals surface area contributed by atoms with Crippen LogP contribution in [0.25, 0.3) is 5.76 Å². The zero-order chi connectivity index (χ0) is 25.8. The van der Waals surface area contributed by atoms with Crippen molar-refractivity contribution in [2.24, 2.45) is 5.92 Å². The SMILES string of the molecule is COc1ccc(C)cc1/C(O)=C1\C(=O)C(=O)N(Cc2ccccn2)C1c1cccc(OCC(C)C)c1. The number of carbonyl (C=O) groups is 2. The summed E-state index contributed by atoms with van der Waals surface area (Å²) in [6.07, 6.45) is 1.64. The van der Waals surface area contributed by atoms with Gasteiger partial charge in [-0.25, -0.2) is 0 Å². The molecule has 1 N–H and O–H groups in total. The van der Waals surface area contributed by atoms with Crippen molar-refractivity contribution in [1.82, 2.24) is 9.88 Å². The topological polar surface area (TPSA) is 89.0 Å². The first-order chi connectivity index (χ1) is 17.3. The fourth-order valence-electron chi connectivity index (χ4n) is 4.25. The third-order valence-corrected chi connectivity index (χ3v) is 5.97. The van der Waals surface area contributed by atoms with Crippen LogP contribution in [0.15, 0.2) is 72.4 Å². The van der Waals surface area contributed by atoms with E-state index in [-0.39, 0.29) is 17.9 Å². The minimum absolute atomic E-state index is 0.000778. The van der Waals surface area contributed by atoms with E-state index < -0.39 is 17.7 Å². The zero-order valence-electron chi connectivity index (χ0n) is 20.9. The van der Waals surface area contributed by atoms with Crippen molar-refractivity contribution in [3.63, 3.8) is 0 Å². The van der Waals surface area contributed by atoms with Crippen molar-refractivity contribution in [3.8, 4) is 11.5 Å². The van der Waals surface area contributed by atoms with E-state index >= 15 is 0 Å². The van der Waals surface area contributed by atoms with Crippen molar-refractivity contribution < 1.29 is 24.2 Å². The molecule has 1 saturated heterocycles. The average Bonchev–Trinajstić information content (AvgIpc) is 3.12. The van der Waals surface area contributed by atoms with Gasteiger partial charge in [0.05, 0.1) is 43.1 Å². The molecule has 7 heteroatoms. The van der Waals surface area contributed by atoms with Crippen LogP contribution in [-0.2, 0) is 16.1 Å². The first-order valence-corrected chi connectivity index (χ1v) is 11.9. The van der Waals surface area contributed by atoms with Gasteiger partial charge in [-0.1, -0.05) is 43.7 Å². The molecule has 36 heavy (non-hydrogen) atoms. The van der Waals surface area contributed by atoms with Crippen molar-refractivity contribution in [3.05, 3.63) is 94.8 Å². The van der Waals surface area contributed by atoms with Crippen LogP contribution in [0, 0.1) is 12.8 Å². The number of aliphatic hydroxyl groups is 1. The van der Waals surface area contributed by atoms with Gasteiger partial charge in [0.15, 0.2) is 0 Å². The van der Waals surface area contributed by atoms with Gasteiger partial charge < -0.3 is 19.5 Å². The number of aromatic nitrogens is 1. The van der Waals surface area contributed by atoms with Crippen LogP contribution < -0.4 is 9.47 Å². The minimum Gasteiger partial charge on any atom is -0.507 e. The Kier molecular flexibility index (Phi) is 7.38. The molecule has 7 nitrogen and oxygen atoms in total. The van der Waals surface area contributed by atoms with Gasteiger partial charge in [0, 0.05) is 6.20 Å².